The van der Waals surface area contributed by atoms with Crippen molar-refractivity contribution in [2.24, 2.45) is 0 Å². The normalized spacial score (nSPS) is 12.8. The van der Waals surface area contributed by atoms with Crippen LogP contribution >= 0.6 is 0 Å². The fourth-order valence-corrected chi connectivity index (χ4v) is 2.53. The highest BCUT2D eigenvalue weighted by Gasteiger charge is 2.38. The minimum Gasteiger partial charge on any atom is -0.329 e. The fraction of sp³-hybridized carbons (Fsp3) is 0.111. The standard InChI is InChI=1S/C18H14N2O5/c1-11(21)19-15-9-5-2-6-12(15)10-16(22)25-20-17(23)13-7-3-4-8-14(13)18(20)24/h2-9H,10H2,1H3,(H,19,21). The van der Waals surface area contributed by atoms with E-state index in [1.54, 1.807) is 36.4 Å². The molecule has 1 aliphatic rings. The highest BCUT2D eigenvalue weighted by atomic mass is 16.7. The number of imide groups is 1. The molecular weight excluding hydrogens is 324 g/mol. The van der Waals surface area contributed by atoms with Crippen molar-refractivity contribution in [2.75, 3.05) is 5.32 Å². The number of nitrogens with one attached hydrogen (secondary N) is 1. The molecule has 25 heavy (non-hydrogen) atoms. The Bertz CT molecular complexity index is 856. The number of hydrogen-bond donors (Lipinski definition) is 1. The second-order valence-electron chi connectivity index (χ2n) is 5.43. The van der Waals surface area contributed by atoms with Crippen LogP contribution in [0, 0.1) is 0 Å². The van der Waals surface area contributed by atoms with E-state index in [9.17, 15) is 19.2 Å². The lowest BCUT2D eigenvalue weighted by Crippen LogP contribution is -2.33. The average molecular weight is 338 g/mol. The molecule has 3 amide bonds. The largest absolute Gasteiger partial charge is 0.337 e. The molecule has 2 aromatic rings. The Labute approximate surface area is 143 Å². The molecule has 0 bridgehead atoms. The molecule has 0 saturated heterocycles. The molecule has 126 valence electrons. The molecule has 7 nitrogen and oxygen atoms in total. The number of nitrogens with zero attached hydrogens (tertiary/aromatic N) is 1. The van der Waals surface area contributed by atoms with Gasteiger partial charge < -0.3 is 10.2 Å². The lowest BCUT2D eigenvalue weighted by atomic mass is 10.1. The quantitative estimate of drug-likeness (QED) is 0.860. The zero-order valence-electron chi connectivity index (χ0n) is 13.3. The molecule has 3 rings (SSSR count). The number of fused-ring (bicyclic) bond motifs is 1. The summed E-state index contributed by atoms with van der Waals surface area (Å²) < 4.78 is 0. The van der Waals surface area contributed by atoms with Gasteiger partial charge in [-0.15, -0.1) is 0 Å². The first-order chi connectivity index (χ1) is 12.0. The van der Waals surface area contributed by atoms with E-state index in [2.05, 4.69) is 5.32 Å². The van der Waals surface area contributed by atoms with E-state index in [4.69, 9.17) is 4.84 Å². The van der Waals surface area contributed by atoms with Crippen LogP contribution in [0.25, 0.3) is 0 Å². The van der Waals surface area contributed by atoms with Gasteiger partial charge in [0.25, 0.3) is 11.8 Å². The van der Waals surface area contributed by atoms with Crippen molar-refractivity contribution in [2.45, 2.75) is 13.3 Å². The molecule has 0 aliphatic carbocycles. The molecule has 0 fully saturated rings. The zero-order valence-corrected chi connectivity index (χ0v) is 13.3. The molecule has 0 atom stereocenters. The van der Waals surface area contributed by atoms with Crippen LogP contribution in [0.2, 0.25) is 0 Å². The van der Waals surface area contributed by atoms with Crippen molar-refractivity contribution < 1.29 is 24.0 Å². The first-order valence-corrected chi connectivity index (χ1v) is 7.51. The summed E-state index contributed by atoms with van der Waals surface area (Å²) >= 11 is 0. The number of benzene rings is 2. The first-order valence-electron chi connectivity index (χ1n) is 7.51. The van der Waals surface area contributed by atoms with Gasteiger partial charge in [0.1, 0.15) is 0 Å². The maximum atomic E-state index is 12.2. The van der Waals surface area contributed by atoms with Crippen LogP contribution in [0.15, 0.2) is 48.5 Å². The Morgan fingerprint density at radius 2 is 1.52 bits per heavy atom. The summed E-state index contributed by atoms with van der Waals surface area (Å²) in [6, 6.07) is 12.9. The number of para-hydroxylation sites is 1. The monoisotopic (exact) mass is 338 g/mol. The minimum absolute atomic E-state index is 0.193. The maximum Gasteiger partial charge on any atom is 0.337 e. The Morgan fingerprint density at radius 1 is 0.960 bits per heavy atom. The molecule has 1 heterocycles. The molecule has 0 aromatic heterocycles. The molecule has 0 radical (unpaired) electrons. The van der Waals surface area contributed by atoms with Gasteiger partial charge in [-0.3, -0.25) is 14.4 Å². The molecular formula is C18H14N2O5. The third-order valence-corrected chi connectivity index (χ3v) is 3.61. The van der Waals surface area contributed by atoms with Crippen LogP contribution in [0.3, 0.4) is 0 Å². The third kappa shape index (κ3) is 3.25. The van der Waals surface area contributed by atoms with Crippen LogP contribution < -0.4 is 5.32 Å². The lowest BCUT2D eigenvalue weighted by molar-refractivity contribution is -0.167. The number of anilines is 1. The summed E-state index contributed by atoms with van der Waals surface area (Å²) in [5, 5.41) is 3.08. The molecule has 0 spiro atoms. The van der Waals surface area contributed by atoms with Crippen molar-refractivity contribution in [3.63, 3.8) is 0 Å². The minimum atomic E-state index is -0.785. The first kappa shape index (κ1) is 16.4. The second-order valence-corrected chi connectivity index (χ2v) is 5.43. The fourth-order valence-electron chi connectivity index (χ4n) is 2.53. The highest BCUT2D eigenvalue weighted by molar-refractivity contribution is 6.20. The van der Waals surface area contributed by atoms with E-state index >= 15 is 0 Å². The van der Waals surface area contributed by atoms with Gasteiger partial charge in [-0.1, -0.05) is 35.4 Å². The van der Waals surface area contributed by atoms with Crippen molar-refractivity contribution in [3.8, 4) is 0 Å². The topological polar surface area (TPSA) is 92.8 Å². The zero-order chi connectivity index (χ0) is 18.0. The van der Waals surface area contributed by atoms with Crippen LogP contribution in [0.1, 0.15) is 33.2 Å². The van der Waals surface area contributed by atoms with Gasteiger partial charge in [0.05, 0.1) is 17.5 Å². The van der Waals surface area contributed by atoms with Gasteiger partial charge in [0.15, 0.2) is 0 Å². The molecule has 1 N–H and O–H groups in total. The number of hydroxylamine groups is 2. The Balaban J connectivity index is 1.74. The Morgan fingerprint density at radius 3 is 2.12 bits per heavy atom. The maximum absolute atomic E-state index is 12.2. The van der Waals surface area contributed by atoms with E-state index in [-0.39, 0.29) is 23.5 Å². The van der Waals surface area contributed by atoms with Crippen LogP contribution in [-0.2, 0) is 20.8 Å². The van der Waals surface area contributed by atoms with Crippen molar-refractivity contribution >= 4 is 29.4 Å². The van der Waals surface area contributed by atoms with Gasteiger partial charge in [-0.25, -0.2) is 4.79 Å². The summed E-state index contributed by atoms with van der Waals surface area (Å²) in [5.74, 6) is -2.42. The van der Waals surface area contributed by atoms with Crippen molar-refractivity contribution in [3.05, 3.63) is 65.2 Å². The Hall–Kier alpha value is -3.48. The predicted octanol–water partition coefficient (Wildman–Crippen LogP) is 1.94. The Kier molecular flexibility index (Phi) is 4.30. The highest BCUT2D eigenvalue weighted by Crippen LogP contribution is 2.23. The average Bonchev–Trinajstić information content (AvgIpc) is 2.82. The number of hydrogen-bond acceptors (Lipinski definition) is 5. The van der Waals surface area contributed by atoms with Crippen LogP contribution in [0.4, 0.5) is 5.69 Å². The van der Waals surface area contributed by atoms with Crippen molar-refractivity contribution in [1.29, 1.82) is 0 Å². The van der Waals surface area contributed by atoms with Gasteiger partial charge in [0.2, 0.25) is 5.91 Å². The summed E-state index contributed by atoms with van der Waals surface area (Å²) in [7, 11) is 0. The van der Waals surface area contributed by atoms with Gasteiger partial charge in [0, 0.05) is 12.6 Å². The molecule has 2 aromatic carbocycles. The third-order valence-electron chi connectivity index (χ3n) is 3.61. The number of carbonyl (C=O) groups excluding carboxylic acids is 4. The number of rotatable bonds is 4. The van der Waals surface area contributed by atoms with E-state index in [0.29, 0.717) is 16.3 Å². The molecule has 1 aliphatic heterocycles. The summed E-state index contributed by atoms with van der Waals surface area (Å²) in [4.78, 5) is 52.7. The molecule has 7 heteroatoms. The van der Waals surface area contributed by atoms with Crippen molar-refractivity contribution in [1.82, 2.24) is 5.06 Å². The van der Waals surface area contributed by atoms with Gasteiger partial charge >= 0.3 is 5.97 Å². The van der Waals surface area contributed by atoms with E-state index in [1.807, 2.05) is 0 Å². The van der Waals surface area contributed by atoms with Crippen LogP contribution in [0.5, 0.6) is 0 Å². The number of amides is 3. The van der Waals surface area contributed by atoms with E-state index in [1.165, 1.54) is 19.1 Å². The second kappa shape index (κ2) is 6.56. The SMILES string of the molecule is CC(=O)Nc1ccccc1CC(=O)ON1C(=O)c2ccccc2C1=O. The van der Waals surface area contributed by atoms with Crippen LogP contribution in [-0.4, -0.2) is 28.8 Å². The van der Waals surface area contributed by atoms with E-state index < -0.39 is 17.8 Å². The van der Waals surface area contributed by atoms with Gasteiger partial charge in [-0.2, -0.15) is 0 Å². The molecule has 0 unspecified atom stereocenters. The number of carbonyl (C=O) groups is 4. The predicted molar refractivity (Wildman–Crippen MR) is 87.5 cm³/mol. The van der Waals surface area contributed by atoms with E-state index in [0.717, 1.165) is 0 Å². The van der Waals surface area contributed by atoms with Gasteiger partial charge in [-0.05, 0) is 23.8 Å². The smallest absolute Gasteiger partial charge is 0.329 e. The molecule has 0 saturated carbocycles. The summed E-state index contributed by atoms with van der Waals surface area (Å²) in [6.07, 6.45) is -0.205. The summed E-state index contributed by atoms with van der Waals surface area (Å²) in [6.45, 7) is 1.36. The lowest BCUT2D eigenvalue weighted by Gasteiger charge is -2.14. The summed E-state index contributed by atoms with van der Waals surface area (Å²) in [5.41, 5.74) is 1.37.